The summed E-state index contributed by atoms with van der Waals surface area (Å²) in [6.07, 6.45) is 6.68. The number of rotatable bonds is 5. The standard InChI is InChI=1S/C19H28N4O2/c1-12(19-13(2)22-25-14(19)3)10-18(24)20-17-11-16(21-23(17)4)15-8-6-5-7-9-15/h11-12,15H,5-10H2,1-4H3,(H,20,24). The molecule has 1 unspecified atom stereocenters. The normalized spacial score (nSPS) is 16.8. The molecule has 1 fully saturated rings. The lowest BCUT2D eigenvalue weighted by atomic mass is 9.87. The van der Waals surface area contributed by atoms with Gasteiger partial charge in [0.2, 0.25) is 5.91 Å². The van der Waals surface area contributed by atoms with Gasteiger partial charge in [0.1, 0.15) is 11.6 Å². The van der Waals surface area contributed by atoms with Gasteiger partial charge in [-0.3, -0.25) is 9.48 Å². The van der Waals surface area contributed by atoms with Crippen LogP contribution in [0.5, 0.6) is 0 Å². The van der Waals surface area contributed by atoms with E-state index in [9.17, 15) is 4.79 Å². The van der Waals surface area contributed by atoms with E-state index in [0.29, 0.717) is 12.3 Å². The van der Waals surface area contributed by atoms with Crippen molar-refractivity contribution < 1.29 is 9.32 Å². The second-order valence-electron chi connectivity index (χ2n) is 7.30. The SMILES string of the molecule is Cc1noc(C)c1C(C)CC(=O)Nc1cc(C2CCCCC2)nn1C. The molecule has 0 aliphatic heterocycles. The molecule has 6 nitrogen and oxygen atoms in total. The summed E-state index contributed by atoms with van der Waals surface area (Å²) in [5, 5.41) is 11.6. The van der Waals surface area contributed by atoms with Gasteiger partial charge in [-0.2, -0.15) is 5.10 Å². The number of aromatic nitrogens is 3. The van der Waals surface area contributed by atoms with Crippen LogP contribution in [0.25, 0.3) is 0 Å². The van der Waals surface area contributed by atoms with Crippen molar-refractivity contribution in [3.63, 3.8) is 0 Å². The monoisotopic (exact) mass is 344 g/mol. The first-order valence-corrected chi connectivity index (χ1v) is 9.22. The van der Waals surface area contributed by atoms with Gasteiger partial charge in [0.05, 0.1) is 11.4 Å². The second kappa shape index (κ2) is 7.42. The van der Waals surface area contributed by atoms with Crippen LogP contribution in [0.2, 0.25) is 0 Å². The summed E-state index contributed by atoms with van der Waals surface area (Å²) in [4.78, 5) is 12.5. The van der Waals surface area contributed by atoms with Crippen LogP contribution < -0.4 is 5.32 Å². The highest BCUT2D eigenvalue weighted by Gasteiger charge is 2.22. The molecule has 6 heteroatoms. The summed E-state index contributed by atoms with van der Waals surface area (Å²) in [5.41, 5.74) is 3.00. The predicted molar refractivity (Wildman–Crippen MR) is 96.7 cm³/mol. The first kappa shape index (κ1) is 17.7. The Labute approximate surface area is 149 Å². The lowest BCUT2D eigenvalue weighted by molar-refractivity contribution is -0.116. The van der Waals surface area contributed by atoms with Gasteiger partial charge >= 0.3 is 0 Å². The maximum Gasteiger partial charge on any atom is 0.226 e. The van der Waals surface area contributed by atoms with Crippen LogP contribution in [-0.2, 0) is 11.8 Å². The number of anilines is 1. The minimum Gasteiger partial charge on any atom is -0.361 e. The first-order chi connectivity index (χ1) is 12.0. The van der Waals surface area contributed by atoms with Crippen LogP contribution in [0.15, 0.2) is 10.6 Å². The Balaban J connectivity index is 1.64. The topological polar surface area (TPSA) is 73.0 Å². The number of amides is 1. The molecule has 0 radical (unpaired) electrons. The summed E-state index contributed by atoms with van der Waals surface area (Å²) in [7, 11) is 1.89. The summed E-state index contributed by atoms with van der Waals surface area (Å²) >= 11 is 0. The van der Waals surface area contributed by atoms with Gasteiger partial charge in [-0.15, -0.1) is 0 Å². The molecule has 2 aromatic heterocycles. The zero-order valence-electron chi connectivity index (χ0n) is 15.6. The quantitative estimate of drug-likeness (QED) is 0.882. The van der Waals surface area contributed by atoms with E-state index in [4.69, 9.17) is 4.52 Å². The molecular weight excluding hydrogens is 316 g/mol. The number of hydrogen-bond donors (Lipinski definition) is 1. The highest BCUT2D eigenvalue weighted by Crippen LogP contribution is 2.33. The molecule has 2 aromatic rings. The van der Waals surface area contributed by atoms with Crippen molar-refractivity contribution in [1.82, 2.24) is 14.9 Å². The number of hydrogen-bond acceptors (Lipinski definition) is 4. The molecule has 1 atom stereocenters. The third-order valence-electron chi connectivity index (χ3n) is 5.26. The fourth-order valence-electron chi connectivity index (χ4n) is 3.97. The summed E-state index contributed by atoms with van der Waals surface area (Å²) < 4.78 is 6.99. The molecular formula is C19H28N4O2. The van der Waals surface area contributed by atoms with Crippen LogP contribution in [0.4, 0.5) is 5.82 Å². The van der Waals surface area contributed by atoms with Crippen molar-refractivity contribution in [3.8, 4) is 0 Å². The number of nitrogens with zero attached hydrogens (tertiary/aromatic N) is 3. The highest BCUT2D eigenvalue weighted by molar-refractivity contribution is 5.90. The molecule has 1 aliphatic carbocycles. The van der Waals surface area contributed by atoms with Gasteiger partial charge in [-0.05, 0) is 32.6 Å². The van der Waals surface area contributed by atoms with Crippen LogP contribution >= 0.6 is 0 Å². The molecule has 0 aromatic carbocycles. The van der Waals surface area contributed by atoms with E-state index >= 15 is 0 Å². The molecule has 1 saturated carbocycles. The van der Waals surface area contributed by atoms with Gasteiger partial charge < -0.3 is 9.84 Å². The Kier molecular flexibility index (Phi) is 5.25. The molecule has 136 valence electrons. The zero-order valence-corrected chi connectivity index (χ0v) is 15.6. The fourth-order valence-corrected chi connectivity index (χ4v) is 3.97. The van der Waals surface area contributed by atoms with E-state index in [1.807, 2.05) is 33.9 Å². The molecule has 25 heavy (non-hydrogen) atoms. The largest absolute Gasteiger partial charge is 0.361 e. The van der Waals surface area contributed by atoms with Crippen LogP contribution in [0, 0.1) is 13.8 Å². The fraction of sp³-hybridized carbons (Fsp3) is 0.632. The first-order valence-electron chi connectivity index (χ1n) is 9.22. The average Bonchev–Trinajstić information content (AvgIpc) is 3.11. The number of aryl methyl sites for hydroxylation is 3. The van der Waals surface area contributed by atoms with E-state index in [-0.39, 0.29) is 11.8 Å². The Morgan fingerprint density at radius 1 is 1.36 bits per heavy atom. The highest BCUT2D eigenvalue weighted by atomic mass is 16.5. The van der Waals surface area contributed by atoms with Crippen molar-refractivity contribution in [2.75, 3.05) is 5.32 Å². The van der Waals surface area contributed by atoms with E-state index in [1.165, 1.54) is 32.1 Å². The van der Waals surface area contributed by atoms with Gasteiger partial charge in [-0.25, -0.2) is 0 Å². The third kappa shape index (κ3) is 3.94. The molecule has 0 spiro atoms. The Bertz CT molecular complexity index is 721. The smallest absolute Gasteiger partial charge is 0.226 e. The maximum atomic E-state index is 12.5. The Morgan fingerprint density at radius 3 is 2.72 bits per heavy atom. The lowest BCUT2D eigenvalue weighted by Gasteiger charge is -2.19. The van der Waals surface area contributed by atoms with Crippen molar-refractivity contribution in [2.24, 2.45) is 7.05 Å². The lowest BCUT2D eigenvalue weighted by Crippen LogP contribution is -2.17. The number of carbonyl (C=O) groups excluding carboxylic acids is 1. The van der Waals surface area contributed by atoms with Crippen LogP contribution in [0.1, 0.15) is 80.0 Å². The van der Waals surface area contributed by atoms with E-state index < -0.39 is 0 Å². The van der Waals surface area contributed by atoms with Gasteiger partial charge in [0.25, 0.3) is 0 Å². The Hall–Kier alpha value is -2.11. The molecule has 2 heterocycles. The van der Waals surface area contributed by atoms with Gasteiger partial charge in [0, 0.05) is 31.0 Å². The van der Waals surface area contributed by atoms with Crippen molar-refractivity contribution in [3.05, 3.63) is 28.8 Å². The molecule has 3 rings (SSSR count). The minimum absolute atomic E-state index is 0.00862. The maximum absolute atomic E-state index is 12.5. The molecule has 0 bridgehead atoms. The van der Waals surface area contributed by atoms with Crippen molar-refractivity contribution in [2.45, 2.75) is 71.1 Å². The predicted octanol–water partition coefficient (Wildman–Crippen LogP) is 4.20. The van der Waals surface area contributed by atoms with Crippen LogP contribution in [-0.4, -0.2) is 20.8 Å². The minimum atomic E-state index is -0.00862. The summed E-state index contributed by atoms with van der Waals surface area (Å²) in [5.74, 6) is 2.16. The number of carbonyl (C=O) groups is 1. The van der Waals surface area contributed by atoms with E-state index in [0.717, 1.165) is 28.5 Å². The molecule has 1 aliphatic rings. The van der Waals surface area contributed by atoms with E-state index in [2.05, 4.69) is 15.6 Å². The molecule has 1 amide bonds. The van der Waals surface area contributed by atoms with Gasteiger partial charge in [0.15, 0.2) is 0 Å². The summed E-state index contributed by atoms with van der Waals surface area (Å²) in [6, 6.07) is 2.04. The number of nitrogens with one attached hydrogen (secondary N) is 1. The van der Waals surface area contributed by atoms with Crippen molar-refractivity contribution >= 4 is 11.7 Å². The second-order valence-corrected chi connectivity index (χ2v) is 7.30. The summed E-state index contributed by atoms with van der Waals surface area (Å²) in [6.45, 7) is 5.84. The zero-order chi connectivity index (χ0) is 18.0. The molecule has 0 saturated heterocycles. The Morgan fingerprint density at radius 2 is 2.08 bits per heavy atom. The van der Waals surface area contributed by atoms with Crippen LogP contribution in [0.3, 0.4) is 0 Å². The molecule has 1 N–H and O–H groups in total. The van der Waals surface area contributed by atoms with Crippen molar-refractivity contribution in [1.29, 1.82) is 0 Å². The van der Waals surface area contributed by atoms with Gasteiger partial charge in [-0.1, -0.05) is 31.3 Å². The van der Waals surface area contributed by atoms with E-state index in [1.54, 1.807) is 4.68 Å². The third-order valence-corrected chi connectivity index (χ3v) is 5.26. The average molecular weight is 344 g/mol.